The fourth-order valence-electron chi connectivity index (χ4n) is 2.92. The topological polar surface area (TPSA) is 70.4 Å². The van der Waals surface area contributed by atoms with Crippen molar-refractivity contribution in [1.82, 2.24) is 4.90 Å². The minimum absolute atomic E-state index is 0.0973. The summed E-state index contributed by atoms with van der Waals surface area (Å²) < 4.78 is 5.40. The lowest BCUT2D eigenvalue weighted by Gasteiger charge is -2.15. The molecule has 138 valence electrons. The third-order valence-corrected chi connectivity index (χ3v) is 5.40. The Bertz CT molecular complexity index is 870. The van der Waals surface area contributed by atoms with E-state index < -0.39 is 5.97 Å². The van der Waals surface area contributed by atoms with Crippen molar-refractivity contribution in [1.29, 1.82) is 5.26 Å². The Kier molecular flexibility index (Phi) is 6.50. The summed E-state index contributed by atoms with van der Waals surface area (Å²) in [6.45, 7) is 1.75. The molecule has 1 saturated heterocycles. The fraction of sp³-hybridized carbons (Fsp3) is 0.286. The standard InChI is InChI=1S/C21H20N2O3S/c22-13-16-6-5-7-17(12-16)14-26-21(25)18-8-1-2-9-19(18)27-15-20(24)23-10-3-4-11-23/h1-2,5-9,12H,3-4,10-11,14-15H2. The molecule has 0 radical (unpaired) electrons. The summed E-state index contributed by atoms with van der Waals surface area (Å²) >= 11 is 1.36. The third-order valence-electron chi connectivity index (χ3n) is 4.34. The van der Waals surface area contributed by atoms with Crippen LogP contribution in [0.1, 0.15) is 34.3 Å². The van der Waals surface area contributed by atoms with Gasteiger partial charge in [-0.1, -0.05) is 24.3 Å². The highest BCUT2D eigenvalue weighted by atomic mass is 32.2. The molecule has 2 aromatic carbocycles. The van der Waals surface area contributed by atoms with Gasteiger partial charge in [0.2, 0.25) is 5.91 Å². The highest BCUT2D eigenvalue weighted by Crippen LogP contribution is 2.24. The van der Waals surface area contributed by atoms with Gasteiger partial charge in [0.25, 0.3) is 0 Å². The molecule has 5 nitrogen and oxygen atoms in total. The summed E-state index contributed by atoms with van der Waals surface area (Å²) in [5, 5.41) is 8.94. The minimum atomic E-state index is -0.436. The maximum Gasteiger partial charge on any atom is 0.339 e. The molecular weight excluding hydrogens is 360 g/mol. The molecule has 6 heteroatoms. The smallest absolute Gasteiger partial charge is 0.339 e. The van der Waals surface area contributed by atoms with E-state index in [1.807, 2.05) is 23.1 Å². The molecule has 0 aliphatic carbocycles. The summed E-state index contributed by atoms with van der Waals surface area (Å²) in [6.07, 6.45) is 2.12. The Morgan fingerprint density at radius 1 is 1.11 bits per heavy atom. The fourth-order valence-corrected chi connectivity index (χ4v) is 3.86. The van der Waals surface area contributed by atoms with E-state index in [0.29, 0.717) is 16.9 Å². The minimum Gasteiger partial charge on any atom is -0.457 e. The number of ether oxygens (including phenoxy) is 1. The van der Waals surface area contributed by atoms with E-state index in [-0.39, 0.29) is 12.5 Å². The Morgan fingerprint density at radius 2 is 1.89 bits per heavy atom. The second kappa shape index (κ2) is 9.24. The number of likely N-dealkylation sites (tertiary alicyclic amines) is 1. The molecule has 0 unspecified atom stereocenters. The van der Waals surface area contributed by atoms with Crippen molar-refractivity contribution < 1.29 is 14.3 Å². The Balaban J connectivity index is 1.61. The van der Waals surface area contributed by atoms with Crippen molar-refractivity contribution in [3.8, 4) is 6.07 Å². The second-order valence-corrected chi connectivity index (χ2v) is 7.28. The first-order valence-electron chi connectivity index (χ1n) is 8.83. The number of hydrogen-bond donors (Lipinski definition) is 0. The lowest BCUT2D eigenvalue weighted by atomic mass is 10.1. The molecule has 1 aliphatic heterocycles. The van der Waals surface area contributed by atoms with Crippen LogP contribution in [0.2, 0.25) is 0 Å². The molecule has 0 N–H and O–H groups in total. The van der Waals surface area contributed by atoms with Crippen molar-refractivity contribution in [3.05, 3.63) is 65.2 Å². The predicted octanol–water partition coefficient (Wildman–Crippen LogP) is 3.63. The molecule has 3 rings (SSSR count). The first kappa shape index (κ1) is 19.0. The second-order valence-electron chi connectivity index (χ2n) is 6.26. The van der Waals surface area contributed by atoms with E-state index in [4.69, 9.17) is 10.00 Å². The van der Waals surface area contributed by atoms with Gasteiger partial charge in [-0.2, -0.15) is 5.26 Å². The monoisotopic (exact) mass is 380 g/mol. The SMILES string of the molecule is N#Cc1cccc(COC(=O)c2ccccc2SCC(=O)N2CCCC2)c1. The van der Waals surface area contributed by atoms with Crippen LogP contribution in [0.15, 0.2) is 53.4 Å². The van der Waals surface area contributed by atoms with Gasteiger partial charge in [-0.3, -0.25) is 4.79 Å². The Labute approximate surface area is 162 Å². The predicted molar refractivity (Wildman–Crippen MR) is 103 cm³/mol. The lowest BCUT2D eigenvalue weighted by Crippen LogP contribution is -2.29. The number of nitriles is 1. The molecule has 0 spiro atoms. The molecule has 1 fully saturated rings. The molecule has 1 aliphatic rings. The molecule has 1 heterocycles. The zero-order valence-electron chi connectivity index (χ0n) is 14.9. The van der Waals surface area contributed by atoms with Gasteiger partial charge in [0.1, 0.15) is 6.61 Å². The third kappa shape index (κ3) is 5.11. The van der Waals surface area contributed by atoms with Crippen LogP contribution in [-0.2, 0) is 16.1 Å². The Morgan fingerprint density at radius 3 is 2.67 bits per heavy atom. The first-order valence-corrected chi connectivity index (χ1v) is 9.81. The number of amides is 1. The van der Waals surface area contributed by atoms with Gasteiger partial charge >= 0.3 is 5.97 Å². The lowest BCUT2D eigenvalue weighted by molar-refractivity contribution is -0.127. The van der Waals surface area contributed by atoms with Crippen LogP contribution in [0, 0.1) is 11.3 Å². The summed E-state index contributed by atoms with van der Waals surface area (Å²) in [7, 11) is 0. The van der Waals surface area contributed by atoms with Crippen molar-refractivity contribution in [3.63, 3.8) is 0 Å². The summed E-state index contributed by atoms with van der Waals surface area (Å²) in [4.78, 5) is 27.3. The average molecular weight is 380 g/mol. The summed E-state index contributed by atoms with van der Waals surface area (Å²) in [5.74, 6) is -0.0165. The van der Waals surface area contributed by atoms with Crippen molar-refractivity contribution >= 4 is 23.6 Å². The van der Waals surface area contributed by atoms with E-state index in [1.54, 1.807) is 30.3 Å². The van der Waals surface area contributed by atoms with Gasteiger partial charge in [-0.05, 0) is 42.7 Å². The van der Waals surface area contributed by atoms with Crippen LogP contribution in [0.4, 0.5) is 0 Å². The highest BCUT2D eigenvalue weighted by Gasteiger charge is 2.19. The molecule has 0 aromatic heterocycles. The molecule has 1 amide bonds. The number of esters is 1. The quantitative estimate of drug-likeness (QED) is 0.565. The number of carbonyl (C=O) groups is 2. The summed E-state index contributed by atoms with van der Waals surface area (Å²) in [6, 6.07) is 16.2. The maximum absolute atomic E-state index is 12.5. The van der Waals surface area contributed by atoms with Gasteiger partial charge in [0, 0.05) is 18.0 Å². The molecular formula is C21H20N2O3S. The van der Waals surface area contributed by atoms with Gasteiger partial charge in [-0.15, -0.1) is 11.8 Å². The molecule has 0 saturated carbocycles. The van der Waals surface area contributed by atoms with Gasteiger partial charge in [0.15, 0.2) is 0 Å². The van der Waals surface area contributed by atoms with E-state index in [2.05, 4.69) is 6.07 Å². The number of carbonyl (C=O) groups excluding carboxylic acids is 2. The largest absolute Gasteiger partial charge is 0.457 e. The molecule has 0 atom stereocenters. The average Bonchev–Trinajstić information content (AvgIpc) is 3.25. The van der Waals surface area contributed by atoms with Gasteiger partial charge < -0.3 is 9.64 Å². The van der Waals surface area contributed by atoms with E-state index in [0.717, 1.165) is 36.4 Å². The number of hydrogen-bond acceptors (Lipinski definition) is 5. The number of benzene rings is 2. The normalized spacial score (nSPS) is 13.2. The van der Waals surface area contributed by atoms with Gasteiger partial charge in [0.05, 0.1) is 22.9 Å². The maximum atomic E-state index is 12.5. The van der Waals surface area contributed by atoms with Crippen molar-refractivity contribution in [2.45, 2.75) is 24.3 Å². The van der Waals surface area contributed by atoms with Crippen LogP contribution >= 0.6 is 11.8 Å². The van der Waals surface area contributed by atoms with Crippen molar-refractivity contribution in [2.24, 2.45) is 0 Å². The van der Waals surface area contributed by atoms with E-state index >= 15 is 0 Å². The van der Waals surface area contributed by atoms with Gasteiger partial charge in [-0.25, -0.2) is 4.79 Å². The van der Waals surface area contributed by atoms with Crippen LogP contribution in [0.5, 0.6) is 0 Å². The Hall–Kier alpha value is -2.78. The van der Waals surface area contributed by atoms with Crippen LogP contribution < -0.4 is 0 Å². The molecule has 2 aromatic rings. The number of nitrogens with zero attached hydrogens (tertiary/aromatic N) is 2. The first-order chi connectivity index (χ1) is 13.2. The highest BCUT2D eigenvalue weighted by molar-refractivity contribution is 8.00. The molecule has 0 bridgehead atoms. The number of rotatable bonds is 6. The van der Waals surface area contributed by atoms with E-state index in [1.165, 1.54) is 11.8 Å². The zero-order valence-corrected chi connectivity index (χ0v) is 15.7. The zero-order chi connectivity index (χ0) is 19.1. The van der Waals surface area contributed by atoms with Crippen LogP contribution in [0.3, 0.4) is 0 Å². The van der Waals surface area contributed by atoms with E-state index in [9.17, 15) is 9.59 Å². The molecule has 27 heavy (non-hydrogen) atoms. The summed E-state index contributed by atoms with van der Waals surface area (Å²) in [5.41, 5.74) is 1.74. The van der Waals surface area contributed by atoms with Crippen molar-refractivity contribution in [2.75, 3.05) is 18.8 Å². The van der Waals surface area contributed by atoms with Crippen LogP contribution in [0.25, 0.3) is 0 Å². The van der Waals surface area contributed by atoms with Crippen LogP contribution in [-0.4, -0.2) is 35.6 Å². The number of thioether (sulfide) groups is 1.